The average Bonchev–Trinajstić information content (AvgIpc) is 2.49. The van der Waals surface area contributed by atoms with Crippen LogP contribution in [0.3, 0.4) is 0 Å². The van der Waals surface area contributed by atoms with Crippen molar-refractivity contribution in [1.82, 2.24) is 0 Å². The molecule has 0 aromatic heterocycles. The highest BCUT2D eigenvalue weighted by Crippen LogP contribution is 2.28. The summed E-state index contributed by atoms with van der Waals surface area (Å²) in [4.78, 5) is 24.9. The normalized spacial score (nSPS) is 10.7. The second kappa shape index (κ2) is 7.53. The van der Waals surface area contributed by atoms with E-state index in [0.29, 0.717) is 22.1 Å². The Balaban J connectivity index is 2.34. The maximum atomic E-state index is 12.7. The fourth-order valence-corrected chi connectivity index (χ4v) is 3.37. The largest absolute Gasteiger partial charge is 0.478 e. The first kappa shape index (κ1) is 18.1. The van der Waals surface area contributed by atoms with Gasteiger partial charge in [-0.05, 0) is 43.2 Å². The van der Waals surface area contributed by atoms with E-state index < -0.39 is 5.97 Å². The van der Waals surface area contributed by atoms with Crippen molar-refractivity contribution in [2.75, 3.05) is 5.32 Å². The number of carbonyl (C=O) groups excluding carboxylic acids is 1. The molecule has 0 saturated carbocycles. The van der Waals surface area contributed by atoms with Crippen molar-refractivity contribution in [2.45, 2.75) is 37.8 Å². The molecule has 2 N–H and O–H groups in total. The van der Waals surface area contributed by atoms with Crippen LogP contribution < -0.4 is 5.32 Å². The minimum Gasteiger partial charge on any atom is -0.478 e. The van der Waals surface area contributed by atoms with Crippen molar-refractivity contribution in [1.29, 1.82) is 0 Å². The van der Waals surface area contributed by atoms with Crippen molar-refractivity contribution < 1.29 is 14.7 Å². The SMILES string of the molecule is Cc1cc(C)c(C(=O)O)cc1NC(=O)c1ccccc1SC(C)C. The van der Waals surface area contributed by atoms with E-state index in [-0.39, 0.29) is 11.5 Å². The third-order valence-corrected chi connectivity index (χ3v) is 4.63. The molecule has 24 heavy (non-hydrogen) atoms. The third kappa shape index (κ3) is 4.17. The monoisotopic (exact) mass is 343 g/mol. The van der Waals surface area contributed by atoms with E-state index in [4.69, 9.17) is 0 Å². The predicted molar refractivity (Wildman–Crippen MR) is 98.3 cm³/mol. The lowest BCUT2D eigenvalue weighted by Gasteiger charge is -2.14. The lowest BCUT2D eigenvalue weighted by atomic mass is 10.0. The zero-order valence-electron chi connectivity index (χ0n) is 14.2. The number of amides is 1. The molecule has 0 aliphatic rings. The highest BCUT2D eigenvalue weighted by Gasteiger charge is 2.16. The van der Waals surface area contributed by atoms with E-state index in [2.05, 4.69) is 19.2 Å². The van der Waals surface area contributed by atoms with Gasteiger partial charge in [0.05, 0.1) is 11.1 Å². The number of carbonyl (C=O) groups is 2. The van der Waals surface area contributed by atoms with Crippen LogP contribution in [0, 0.1) is 13.8 Å². The number of aromatic carboxylic acids is 1. The van der Waals surface area contributed by atoms with E-state index in [1.165, 1.54) is 6.07 Å². The molecular formula is C19H21NO3S. The molecule has 0 aliphatic heterocycles. The predicted octanol–water partition coefficient (Wildman–Crippen LogP) is 4.75. The van der Waals surface area contributed by atoms with Crippen molar-refractivity contribution >= 4 is 29.3 Å². The van der Waals surface area contributed by atoms with Gasteiger partial charge in [0.25, 0.3) is 5.91 Å². The Hall–Kier alpha value is -2.27. The average molecular weight is 343 g/mol. The molecule has 0 saturated heterocycles. The van der Waals surface area contributed by atoms with Crippen molar-refractivity contribution in [3.8, 4) is 0 Å². The number of nitrogens with one attached hydrogen (secondary N) is 1. The molecule has 0 unspecified atom stereocenters. The van der Waals surface area contributed by atoms with Crippen LogP contribution >= 0.6 is 11.8 Å². The lowest BCUT2D eigenvalue weighted by molar-refractivity contribution is 0.0695. The van der Waals surface area contributed by atoms with Crippen molar-refractivity contribution in [3.63, 3.8) is 0 Å². The van der Waals surface area contributed by atoms with Gasteiger partial charge >= 0.3 is 5.97 Å². The number of hydrogen-bond donors (Lipinski definition) is 2. The molecule has 0 radical (unpaired) electrons. The number of carboxylic acid groups (broad SMARTS) is 1. The van der Waals surface area contributed by atoms with Crippen LogP contribution in [0.5, 0.6) is 0 Å². The molecule has 1 amide bonds. The van der Waals surface area contributed by atoms with Gasteiger partial charge in [0.15, 0.2) is 0 Å². The number of benzene rings is 2. The number of aryl methyl sites for hydroxylation is 2. The summed E-state index contributed by atoms with van der Waals surface area (Å²) in [6.45, 7) is 7.74. The van der Waals surface area contributed by atoms with Crippen LogP contribution in [0.2, 0.25) is 0 Å². The molecule has 0 spiro atoms. The first-order valence-electron chi connectivity index (χ1n) is 7.71. The third-order valence-electron chi connectivity index (χ3n) is 3.54. The van der Waals surface area contributed by atoms with E-state index >= 15 is 0 Å². The topological polar surface area (TPSA) is 66.4 Å². The minimum absolute atomic E-state index is 0.195. The second-order valence-corrected chi connectivity index (χ2v) is 7.52. The molecule has 0 atom stereocenters. The molecule has 0 bridgehead atoms. The Kier molecular flexibility index (Phi) is 5.67. The van der Waals surface area contributed by atoms with E-state index in [1.807, 2.05) is 25.1 Å². The molecule has 2 aromatic rings. The quantitative estimate of drug-likeness (QED) is 0.769. The van der Waals surface area contributed by atoms with Crippen LogP contribution in [0.4, 0.5) is 5.69 Å². The molecule has 126 valence electrons. The second-order valence-electron chi connectivity index (χ2n) is 5.90. The summed E-state index contributed by atoms with van der Waals surface area (Å²) in [6, 6.07) is 10.7. The van der Waals surface area contributed by atoms with E-state index in [9.17, 15) is 14.7 Å². The number of carboxylic acids is 1. The van der Waals surface area contributed by atoms with Crippen molar-refractivity contribution in [2.24, 2.45) is 0 Å². The molecule has 2 aromatic carbocycles. The Morgan fingerprint density at radius 2 is 1.71 bits per heavy atom. The van der Waals surface area contributed by atoms with Crippen LogP contribution in [0.1, 0.15) is 45.7 Å². The van der Waals surface area contributed by atoms with Crippen LogP contribution in [-0.4, -0.2) is 22.2 Å². The van der Waals surface area contributed by atoms with Gasteiger partial charge in [0.1, 0.15) is 0 Å². The number of hydrogen-bond acceptors (Lipinski definition) is 3. The van der Waals surface area contributed by atoms with Crippen LogP contribution in [-0.2, 0) is 0 Å². The summed E-state index contributed by atoms with van der Waals surface area (Å²) in [5.74, 6) is -1.24. The Labute approximate surface area is 146 Å². The Morgan fingerprint density at radius 1 is 1.04 bits per heavy atom. The summed E-state index contributed by atoms with van der Waals surface area (Å²) >= 11 is 1.62. The first-order chi connectivity index (χ1) is 11.3. The van der Waals surface area contributed by atoms with Gasteiger partial charge in [-0.2, -0.15) is 0 Å². The maximum absolute atomic E-state index is 12.7. The summed E-state index contributed by atoms with van der Waals surface area (Å²) in [6.07, 6.45) is 0. The molecule has 5 heteroatoms. The van der Waals surface area contributed by atoms with Gasteiger partial charge in [0, 0.05) is 15.8 Å². The fraction of sp³-hybridized carbons (Fsp3) is 0.263. The summed E-state index contributed by atoms with van der Waals surface area (Å²) in [5.41, 5.74) is 2.81. The highest BCUT2D eigenvalue weighted by molar-refractivity contribution is 8.00. The summed E-state index contributed by atoms with van der Waals surface area (Å²) in [7, 11) is 0. The summed E-state index contributed by atoms with van der Waals surface area (Å²) in [5, 5.41) is 12.5. The van der Waals surface area contributed by atoms with Gasteiger partial charge in [0.2, 0.25) is 0 Å². The maximum Gasteiger partial charge on any atom is 0.336 e. The zero-order chi connectivity index (χ0) is 17.9. The molecule has 0 aliphatic carbocycles. The van der Waals surface area contributed by atoms with Gasteiger partial charge < -0.3 is 10.4 Å². The molecule has 0 fully saturated rings. The highest BCUT2D eigenvalue weighted by atomic mass is 32.2. The Morgan fingerprint density at radius 3 is 2.33 bits per heavy atom. The van der Waals surface area contributed by atoms with Gasteiger partial charge in [-0.3, -0.25) is 4.79 Å². The smallest absolute Gasteiger partial charge is 0.336 e. The van der Waals surface area contributed by atoms with E-state index in [1.54, 1.807) is 30.8 Å². The van der Waals surface area contributed by atoms with Crippen LogP contribution in [0.15, 0.2) is 41.3 Å². The first-order valence-corrected chi connectivity index (χ1v) is 8.59. The van der Waals surface area contributed by atoms with E-state index in [0.717, 1.165) is 10.5 Å². The van der Waals surface area contributed by atoms with Crippen LogP contribution in [0.25, 0.3) is 0 Å². The van der Waals surface area contributed by atoms with Crippen molar-refractivity contribution in [3.05, 3.63) is 58.7 Å². The molecule has 2 rings (SSSR count). The Bertz CT molecular complexity index is 784. The number of rotatable bonds is 5. The molecule has 0 heterocycles. The summed E-state index contributed by atoms with van der Waals surface area (Å²) < 4.78 is 0. The zero-order valence-corrected chi connectivity index (χ0v) is 15.0. The lowest BCUT2D eigenvalue weighted by Crippen LogP contribution is -2.15. The van der Waals surface area contributed by atoms with Gasteiger partial charge in [-0.25, -0.2) is 4.79 Å². The van der Waals surface area contributed by atoms with Gasteiger partial charge in [-0.1, -0.05) is 32.0 Å². The molecule has 4 nitrogen and oxygen atoms in total. The number of anilines is 1. The molecular weight excluding hydrogens is 322 g/mol. The standard InChI is InChI=1S/C19H21NO3S/c1-11(2)24-17-8-6-5-7-14(17)18(21)20-16-10-15(19(22)23)12(3)9-13(16)4/h5-11H,1-4H3,(H,20,21)(H,22,23). The van der Waals surface area contributed by atoms with Gasteiger partial charge in [-0.15, -0.1) is 11.8 Å². The minimum atomic E-state index is -1.00. The fourth-order valence-electron chi connectivity index (χ4n) is 2.42. The number of thioether (sulfide) groups is 1.